The van der Waals surface area contributed by atoms with Crippen molar-refractivity contribution in [2.24, 2.45) is 0 Å². The van der Waals surface area contributed by atoms with Crippen molar-refractivity contribution in [2.75, 3.05) is 0 Å². The molecule has 0 bridgehead atoms. The average molecular weight is 403 g/mol. The maximum atomic E-state index is 4.64. The molecule has 5 heteroatoms. The number of pyridine rings is 2. The normalized spacial score (nSPS) is 13.4. The largest absolute Gasteiger partial charge is 0.352 e. The van der Waals surface area contributed by atoms with Crippen molar-refractivity contribution in [1.29, 1.82) is 0 Å². The van der Waals surface area contributed by atoms with Crippen LogP contribution in [0.4, 0.5) is 0 Å². The molecule has 4 heterocycles. The molecule has 31 heavy (non-hydrogen) atoms. The summed E-state index contributed by atoms with van der Waals surface area (Å²) in [4.78, 5) is 12.4. The molecule has 0 saturated carbocycles. The lowest BCUT2D eigenvalue weighted by atomic mass is 10.0. The van der Waals surface area contributed by atoms with E-state index >= 15 is 0 Å². The highest BCUT2D eigenvalue weighted by Gasteiger charge is 2.15. The Hall–Kier alpha value is -3.99. The third kappa shape index (κ3) is 2.97. The smallest absolute Gasteiger partial charge is 0.116 e. The van der Waals surface area contributed by atoms with E-state index in [9.17, 15) is 0 Å². The van der Waals surface area contributed by atoms with Gasteiger partial charge in [0.15, 0.2) is 0 Å². The fraction of sp³-hybridized carbons (Fsp3) is 0.115. The third-order valence-corrected chi connectivity index (χ3v) is 5.98. The van der Waals surface area contributed by atoms with Crippen LogP contribution in [-0.4, -0.2) is 25.1 Å². The first-order chi connectivity index (χ1) is 15.3. The van der Waals surface area contributed by atoms with Crippen LogP contribution < -0.4 is 0 Å². The van der Waals surface area contributed by atoms with Gasteiger partial charge in [-0.05, 0) is 53.8 Å². The second-order valence-electron chi connectivity index (χ2n) is 7.90. The average Bonchev–Trinajstić information content (AvgIpc) is 3.57. The SMILES string of the molecule is CCc1cncc(-c2ccc3[nH]nc(-c4cc5c(C6=CCC=C6)cncc5[nH]4)c3c2)c1. The van der Waals surface area contributed by atoms with E-state index in [2.05, 4.69) is 80.6 Å². The molecule has 0 radical (unpaired) electrons. The number of hydrogen-bond donors (Lipinski definition) is 2. The van der Waals surface area contributed by atoms with E-state index in [4.69, 9.17) is 0 Å². The van der Waals surface area contributed by atoms with E-state index in [1.807, 2.05) is 24.8 Å². The second kappa shape index (κ2) is 7.06. The van der Waals surface area contributed by atoms with Gasteiger partial charge < -0.3 is 4.98 Å². The summed E-state index contributed by atoms with van der Waals surface area (Å²) >= 11 is 0. The molecule has 5 nitrogen and oxygen atoms in total. The van der Waals surface area contributed by atoms with Crippen LogP contribution >= 0.6 is 0 Å². The van der Waals surface area contributed by atoms with E-state index in [1.54, 1.807) is 0 Å². The highest BCUT2D eigenvalue weighted by molar-refractivity contribution is 6.01. The summed E-state index contributed by atoms with van der Waals surface area (Å²) in [5.74, 6) is 0. The predicted octanol–water partition coefficient (Wildman–Crippen LogP) is 6.07. The molecule has 0 saturated heterocycles. The van der Waals surface area contributed by atoms with Gasteiger partial charge in [0.25, 0.3) is 0 Å². The molecule has 0 aliphatic heterocycles. The van der Waals surface area contributed by atoms with E-state index in [0.29, 0.717) is 0 Å². The molecule has 1 aromatic carbocycles. The number of hydrogen-bond acceptors (Lipinski definition) is 3. The Bertz CT molecular complexity index is 1500. The molecule has 1 aliphatic carbocycles. The van der Waals surface area contributed by atoms with Crippen LogP contribution in [0.2, 0.25) is 0 Å². The number of nitrogens with zero attached hydrogens (tertiary/aromatic N) is 3. The number of H-pyrrole nitrogens is 2. The molecule has 5 aromatic rings. The number of allylic oxidation sites excluding steroid dienone is 4. The van der Waals surface area contributed by atoms with Gasteiger partial charge >= 0.3 is 0 Å². The van der Waals surface area contributed by atoms with E-state index < -0.39 is 0 Å². The van der Waals surface area contributed by atoms with Crippen molar-refractivity contribution in [3.05, 3.63) is 84.5 Å². The zero-order valence-corrected chi connectivity index (χ0v) is 17.2. The summed E-state index contributed by atoms with van der Waals surface area (Å²) in [5.41, 5.74) is 9.78. The second-order valence-corrected chi connectivity index (χ2v) is 7.90. The highest BCUT2D eigenvalue weighted by atomic mass is 15.1. The van der Waals surface area contributed by atoms with Crippen LogP contribution in [0, 0.1) is 0 Å². The number of aryl methyl sites for hydroxylation is 1. The van der Waals surface area contributed by atoms with Crippen LogP contribution in [0.5, 0.6) is 0 Å². The summed E-state index contributed by atoms with van der Waals surface area (Å²) in [5, 5.41) is 10.1. The van der Waals surface area contributed by atoms with Crippen LogP contribution in [0.15, 0.2) is 73.3 Å². The standard InChI is InChI=1S/C26H21N5/c1-2-16-9-19(13-27-12-16)18-7-8-23-21(10-18)26(31-30-23)24-11-20-22(17-5-3-4-6-17)14-28-15-25(20)29-24/h3,5-15,29H,2,4H2,1H3,(H,30,31). The van der Waals surface area contributed by atoms with Crippen molar-refractivity contribution in [3.8, 4) is 22.5 Å². The summed E-state index contributed by atoms with van der Waals surface area (Å²) in [6, 6.07) is 10.8. The van der Waals surface area contributed by atoms with Gasteiger partial charge in [-0.15, -0.1) is 0 Å². The highest BCUT2D eigenvalue weighted by Crippen LogP contribution is 2.34. The number of aromatic nitrogens is 5. The lowest BCUT2D eigenvalue weighted by Crippen LogP contribution is -1.86. The fourth-order valence-electron chi connectivity index (χ4n) is 4.30. The molecule has 0 unspecified atom stereocenters. The summed E-state index contributed by atoms with van der Waals surface area (Å²) in [6.07, 6.45) is 16.2. The predicted molar refractivity (Wildman–Crippen MR) is 126 cm³/mol. The van der Waals surface area contributed by atoms with Crippen molar-refractivity contribution in [1.82, 2.24) is 25.1 Å². The summed E-state index contributed by atoms with van der Waals surface area (Å²) in [7, 11) is 0. The minimum atomic E-state index is 0.912. The molecule has 2 N–H and O–H groups in total. The van der Waals surface area contributed by atoms with Crippen LogP contribution in [0.3, 0.4) is 0 Å². The Morgan fingerprint density at radius 2 is 1.84 bits per heavy atom. The Morgan fingerprint density at radius 3 is 2.71 bits per heavy atom. The molecular formula is C26H21N5. The third-order valence-electron chi connectivity index (χ3n) is 5.98. The Labute approximate surface area is 179 Å². The van der Waals surface area contributed by atoms with E-state index in [-0.39, 0.29) is 0 Å². The van der Waals surface area contributed by atoms with E-state index in [0.717, 1.165) is 62.7 Å². The maximum Gasteiger partial charge on any atom is 0.116 e. The van der Waals surface area contributed by atoms with Crippen LogP contribution in [0.1, 0.15) is 24.5 Å². The molecule has 0 fully saturated rings. The lowest BCUT2D eigenvalue weighted by Gasteiger charge is -2.04. The molecule has 0 atom stereocenters. The molecule has 0 spiro atoms. The van der Waals surface area contributed by atoms with Crippen LogP contribution in [0.25, 0.3) is 49.9 Å². The first-order valence-corrected chi connectivity index (χ1v) is 10.6. The first kappa shape index (κ1) is 17.8. The number of nitrogens with one attached hydrogen (secondary N) is 2. The van der Waals surface area contributed by atoms with Crippen molar-refractivity contribution in [3.63, 3.8) is 0 Å². The Morgan fingerprint density at radius 1 is 0.903 bits per heavy atom. The zero-order chi connectivity index (χ0) is 20.8. The van der Waals surface area contributed by atoms with Crippen LogP contribution in [-0.2, 0) is 6.42 Å². The van der Waals surface area contributed by atoms with Gasteiger partial charge in [0.1, 0.15) is 5.69 Å². The first-order valence-electron chi connectivity index (χ1n) is 10.6. The molecule has 0 amide bonds. The quantitative estimate of drug-likeness (QED) is 0.382. The van der Waals surface area contributed by atoms with Gasteiger partial charge in [0.05, 0.1) is 22.9 Å². The Kier molecular flexibility index (Phi) is 4.06. The van der Waals surface area contributed by atoms with Gasteiger partial charge in [-0.25, -0.2) is 0 Å². The summed E-state index contributed by atoms with van der Waals surface area (Å²) < 4.78 is 0. The molecule has 150 valence electrons. The number of aromatic amines is 2. The van der Waals surface area contributed by atoms with Gasteiger partial charge in [0.2, 0.25) is 0 Å². The molecular weight excluding hydrogens is 382 g/mol. The van der Waals surface area contributed by atoms with E-state index in [1.165, 1.54) is 11.1 Å². The van der Waals surface area contributed by atoms with Gasteiger partial charge in [-0.1, -0.05) is 31.2 Å². The minimum Gasteiger partial charge on any atom is -0.352 e. The maximum absolute atomic E-state index is 4.64. The van der Waals surface area contributed by atoms with Crippen molar-refractivity contribution in [2.45, 2.75) is 19.8 Å². The molecule has 4 aromatic heterocycles. The number of rotatable bonds is 4. The zero-order valence-electron chi connectivity index (χ0n) is 17.2. The van der Waals surface area contributed by atoms with Gasteiger partial charge in [-0.2, -0.15) is 5.10 Å². The number of benzene rings is 1. The monoisotopic (exact) mass is 403 g/mol. The van der Waals surface area contributed by atoms with Gasteiger partial charge in [0, 0.05) is 40.5 Å². The minimum absolute atomic E-state index is 0.912. The lowest BCUT2D eigenvalue weighted by molar-refractivity contribution is 1.10. The van der Waals surface area contributed by atoms with Crippen molar-refractivity contribution >= 4 is 27.4 Å². The fourth-order valence-corrected chi connectivity index (χ4v) is 4.30. The van der Waals surface area contributed by atoms with Crippen molar-refractivity contribution < 1.29 is 0 Å². The molecule has 6 rings (SSSR count). The van der Waals surface area contributed by atoms with Gasteiger partial charge in [-0.3, -0.25) is 15.1 Å². The molecule has 1 aliphatic rings. The number of fused-ring (bicyclic) bond motifs is 2. The topological polar surface area (TPSA) is 70.2 Å². The summed E-state index contributed by atoms with van der Waals surface area (Å²) in [6.45, 7) is 2.15. The Balaban J connectivity index is 1.49.